The molecule has 9 heteroatoms. The van der Waals surface area contributed by atoms with Crippen LogP contribution >= 0.6 is 0 Å². The van der Waals surface area contributed by atoms with Gasteiger partial charge >= 0.3 is 5.97 Å². The predicted octanol–water partition coefficient (Wildman–Crippen LogP) is 2.21. The Labute approximate surface area is 163 Å². The standard InChI is InChI=1S/C19H21FN2O5S/c1-12-5-7-16(8-14(12)3)28(25,26)21-10-19(24)27-11-18(23)22-15-6-4-13(2)17(20)9-15/h4-9,21H,10-11H2,1-3H3,(H,22,23). The van der Waals surface area contributed by atoms with E-state index in [0.29, 0.717) is 5.56 Å². The molecule has 7 nitrogen and oxygen atoms in total. The molecule has 0 aromatic heterocycles. The van der Waals surface area contributed by atoms with Gasteiger partial charge in [-0.15, -0.1) is 0 Å². The molecule has 0 fully saturated rings. The van der Waals surface area contributed by atoms with Gasteiger partial charge in [0.05, 0.1) is 4.90 Å². The SMILES string of the molecule is Cc1ccc(S(=O)(=O)NCC(=O)OCC(=O)Nc2ccc(C)c(F)c2)cc1C. The summed E-state index contributed by atoms with van der Waals surface area (Å²) in [5.41, 5.74) is 2.40. The third kappa shape index (κ3) is 5.86. The molecular weight excluding hydrogens is 387 g/mol. The highest BCUT2D eigenvalue weighted by molar-refractivity contribution is 7.89. The highest BCUT2D eigenvalue weighted by atomic mass is 32.2. The van der Waals surface area contributed by atoms with Gasteiger partial charge < -0.3 is 10.1 Å². The van der Waals surface area contributed by atoms with Crippen LogP contribution in [0.5, 0.6) is 0 Å². The van der Waals surface area contributed by atoms with E-state index in [1.165, 1.54) is 24.3 Å². The monoisotopic (exact) mass is 408 g/mol. The quantitative estimate of drug-likeness (QED) is 0.684. The van der Waals surface area contributed by atoms with Crippen molar-refractivity contribution in [1.82, 2.24) is 4.72 Å². The number of benzene rings is 2. The zero-order valence-electron chi connectivity index (χ0n) is 15.7. The smallest absolute Gasteiger partial charge is 0.321 e. The van der Waals surface area contributed by atoms with Crippen molar-refractivity contribution in [1.29, 1.82) is 0 Å². The molecule has 0 saturated carbocycles. The fourth-order valence-electron chi connectivity index (χ4n) is 2.18. The summed E-state index contributed by atoms with van der Waals surface area (Å²) >= 11 is 0. The number of hydrogen-bond donors (Lipinski definition) is 2. The number of halogens is 1. The van der Waals surface area contributed by atoms with Gasteiger partial charge in [-0.2, -0.15) is 4.72 Å². The first-order valence-corrected chi connectivity index (χ1v) is 9.85. The molecule has 0 atom stereocenters. The maximum Gasteiger partial charge on any atom is 0.321 e. The normalized spacial score (nSPS) is 11.1. The molecule has 0 radical (unpaired) electrons. The average Bonchev–Trinajstić information content (AvgIpc) is 2.63. The third-order valence-electron chi connectivity index (χ3n) is 4.02. The molecule has 0 aliphatic rings. The van der Waals surface area contributed by atoms with Crippen LogP contribution in [0.2, 0.25) is 0 Å². The van der Waals surface area contributed by atoms with Crippen molar-refractivity contribution in [2.45, 2.75) is 25.7 Å². The zero-order valence-corrected chi connectivity index (χ0v) is 16.5. The Morgan fingerprint density at radius 3 is 2.32 bits per heavy atom. The maximum absolute atomic E-state index is 13.4. The lowest BCUT2D eigenvalue weighted by atomic mass is 10.1. The Morgan fingerprint density at radius 1 is 1.00 bits per heavy atom. The van der Waals surface area contributed by atoms with Gasteiger partial charge in [0.1, 0.15) is 12.4 Å². The van der Waals surface area contributed by atoms with E-state index in [4.69, 9.17) is 4.74 Å². The summed E-state index contributed by atoms with van der Waals surface area (Å²) in [7, 11) is -3.88. The second-order valence-corrected chi connectivity index (χ2v) is 8.01. The number of sulfonamides is 1. The van der Waals surface area contributed by atoms with E-state index in [9.17, 15) is 22.4 Å². The number of nitrogens with one attached hydrogen (secondary N) is 2. The topological polar surface area (TPSA) is 102 Å². The van der Waals surface area contributed by atoms with Gasteiger partial charge in [-0.25, -0.2) is 12.8 Å². The van der Waals surface area contributed by atoms with Gasteiger partial charge in [-0.05, 0) is 61.7 Å². The van der Waals surface area contributed by atoms with Crippen molar-refractivity contribution in [2.24, 2.45) is 0 Å². The molecule has 0 heterocycles. The Morgan fingerprint density at radius 2 is 1.68 bits per heavy atom. The predicted molar refractivity (Wildman–Crippen MR) is 102 cm³/mol. The molecule has 0 saturated heterocycles. The van der Waals surface area contributed by atoms with Crippen LogP contribution in [0.4, 0.5) is 10.1 Å². The summed E-state index contributed by atoms with van der Waals surface area (Å²) in [4.78, 5) is 23.5. The van der Waals surface area contributed by atoms with Crippen LogP contribution in [-0.2, 0) is 24.3 Å². The molecule has 2 rings (SSSR count). The largest absolute Gasteiger partial charge is 0.455 e. The number of hydrogen-bond acceptors (Lipinski definition) is 5. The summed E-state index contributed by atoms with van der Waals surface area (Å²) in [6.45, 7) is 3.97. The van der Waals surface area contributed by atoms with Gasteiger partial charge in [0.25, 0.3) is 5.91 Å². The lowest BCUT2D eigenvalue weighted by Gasteiger charge is -2.09. The number of carbonyl (C=O) groups excluding carboxylic acids is 2. The minimum atomic E-state index is -3.88. The van der Waals surface area contributed by atoms with E-state index >= 15 is 0 Å². The van der Waals surface area contributed by atoms with Crippen molar-refractivity contribution >= 4 is 27.6 Å². The molecule has 1 amide bonds. The van der Waals surface area contributed by atoms with Crippen LogP contribution in [-0.4, -0.2) is 33.4 Å². The van der Waals surface area contributed by atoms with Crippen molar-refractivity contribution in [2.75, 3.05) is 18.5 Å². The molecule has 2 aromatic rings. The second-order valence-electron chi connectivity index (χ2n) is 6.24. The van der Waals surface area contributed by atoms with Gasteiger partial charge in [0.15, 0.2) is 6.61 Å². The third-order valence-corrected chi connectivity index (χ3v) is 5.41. The molecular formula is C19H21FN2O5S. The molecule has 0 unspecified atom stereocenters. The highest BCUT2D eigenvalue weighted by Gasteiger charge is 2.17. The highest BCUT2D eigenvalue weighted by Crippen LogP contribution is 2.15. The number of amides is 1. The first-order valence-electron chi connectivity index (χ1n) is 8.37. The molecule has 0 aliphatic heterocycles. The Bertz CT molecular complexity index is 1010. The minimum absolute atomic E-state index is 0.0301. The molecule has 2 aromatic carbocycles. The van der Waals surface area contributed by atoms with E-state index in [1.807, 2.05) is 6.92 Å². The zero-order chi connectivity index (χ0) is 20.9. The number of carbonyl (C=O) groups is 2. The lowest BCUT2D eigenvalue weighted by molar-refractivity contribution is -0.146. The van der Waals surface area contributed by atoms with Gasteiger partial charge in [-0.3, -0.25) is 9.59 Å². The maximum atomic E-state index is 13.4. The van der Waals surface area contributed by atoms with E-state index < -0.39 is 40.9 Å². The fraction of sp³-hybridized carbons (Fsp3) is 0.263. The number of aryl methyl sites for hydroxylation is 3. The van der Waals surface area contributed by atoms with Crippen LogP contribution in [0, 0.1) is 26.6 Å². The Balaban J connectivity index is 1.83. The van der Waals surface area contributed by atoms with Crippen molar-refractivity contribution in [3.63, 3.8) is 0 Å². The second kappa shape index (κ2) is 8.94. The van der Waals surface area contributed by atoms with Crippen molar-refractivity contribution < 1.29 is 27.1 Å². The molecule has 150 valence electrons. The summed E-state index contributed by atoms with van der Waals surface area (Å²) < 4.78 is 44.7. The van der Waals surface area contributed by atoms with E-state index in [2.05, 4.69) is 10.0 Å². The van der Waals surface area contributed by atoms with Crippen LogP contribution in [0.15, 0.2) is 41.3 Å². The number of rotatable bonds is 7. The summed E-state index contributed by atoms with van der Waals surface area (Å²) in [6, 6.07) is 8.75. The number of ether oxygens (including phenoxy) is 1. The van der Waals surface area contributed by atoms with Gasteiger partial charge in [0, 0.05) is 5.69 Å². The molecule has 0 bridgehead atoms. The lowest BCUT2D eigenvalue weighted by Crippen LogP contribution is -2.32. The first kappa shape index (κ1) is 21.5. The Hall–Kier alpha value is -2.78. The van der Waals surface area contributed by atoms with Crippen LogP contribution in [0.25, 0.3) is 0 Å². The minimum Gasteiger partial charge on any atom is -0.455 e. The number of esters is 1. The van der Waals surface area contributed by atoms with Crippen LogP contribution in [0.1, 0.15) is 16.7 Å². The van der Waals surface area contributed by atoms with Crippen LogP contribution < -0.4 is 10.0 Å². The van der Waals surface area contributed by atoms with E-state index in [0.717, 1.165) is 17.2 Å². The fourth-order valence-corrected chi connectivity index (χ4v) is 3.24. The van der Waals surface area contributed by atoms with Gasteiger partial charge in [0.2, 0.25) is 10.0 Å². The Kier molecular flexibility index (Phi) is 6.87. The summed E-state index contributed by atoms with van der Waals surface area (Å²) in [6.07, 6.45) is 0. The summed E-state index contributed by atoms with van der Waals surface area (Å²) in [5, 5.41) is 2.38. The molecule has 0 aliphatic carbocycles. The molecule has 2 N–H and O–H groups in total. The van der Waals surface area contributed by atoms with E-state index in [-0.39, 0.29) is 10.6 Å². The molecule has 28 heavy (non-hydrogen) atoms. The van der Waals surface area contributed by atoms with Crippen molar-refractivity contribution in [3.8, 4) is 0 Å². The van der Waals surface area contributed by atoms with Crippen LogP contribution in [0.3, 0.4) is 0 Å². The number of anilines is 1. The summed E-state index contributed by atoms with van der Waals surface area (Å²) in [5.74, 6) is -2.07. The molecule has 0 spiro atoms. The van der Waals surface area contributed by atoms with E-state index in [1.54, 1.807) is 19.9 Å². The first-order chi connectivity index (χ1) is 13.1. The average molecular weight is 408 g/mol. The van der Waals surface area contributed by atoms with Gasteiger partial charge in [-0.1, -0.05) is 12.1 Å². The van der Waals surface area contributed by atoms with Crippen molar-refractivity contribution in [3.05, 3.63) is 58.9 Å².